The summed E-state index contributed by atoms with van der Waals surface area (Å²) in [6, 6.07) is 1.08. The van der Waals surface area contributed by atoms with Crippen LogP contribution >= 0.6 is 0 Å². The van der Waals surface area contributed by atoms with Crippen LogP contribution in [0.25, 0.3) is 0 Å². The molecule has 14 N–H and O–H groups in total. The van der Waals surface area contributed by atoms with E-state index in [9.17, 15) is 43.2 Å². The highest BCUT2D eigenvalue weighted by Crippen LogP contribution is 2.18. The number of nitrogens with two attached hydrogens (primary N) is 3. The largest absolute Gasteiger partial charge is 0.497 e. The summed E-state index contributed by atoms with van der Waals surface area (Å²) >= 11 is 0. The number of hydrogen-bond donors (Lipinski definition) is 11. The van der Waals surface area contributed by atoms with Crippen LogP contribution in [0.15, 0.2) is 29.4 Å². The number of anilines is 1. The van der Waals surface area contributed by atoms with Crippen molar-refractivity contribution in [1.29, 1.82) is 0 Å². The van der Waals surface area contributed by atoms with Crippen molar-refractivity contribution in [1.82, 2.24) is 42.5 Å². The Labute approximate surface area is 399 Å². The fourth-order valence-corrected chi connectivity index (χ4v) is 6.53. The number of amides is 9. The van der Waals surface area contributed by atoms with Crippen LogP contribution in [0.5, 0.6) is 5.75 Å². The smallest absolute Gasteiger partial charge is 0.288 e. The van der Waals surface area contributed by atoms with Crippen LogP contribution in [0.1, 0.15) is 108 Å². The molecule has 1 aromatic carbocycles. The average molecular weight is 960 g/mol. The molecule has 9 amide bonds. The first-order valence-corrected chi connectivity index (χ1v) is 22.8. The molecular formula is C45H77N13O10. The van der Waals surface area contributed by atoms with Crippen LogP contribution in [0, 0.1) is 23.7 Å². The molecule has 0 fully saturated rings. The number of carbonyl (C=O) groups excluding carboxylic acids is 9. The van der Waals surface area contributed by atoms with Gasteiger partial charge in [0.2, 0.25) is 53.1 Å². The molecule has 0 aromatic heterocycles. The zero-order valence-electron chi connectivity index (χ0n) is 41.7. The number of methoxy groups -OCH3 is 1. The average Bonchev–Trinajstić information content (AvgIpc) is 3.24. The minimum Gasteiger partial charge on any atom is -0.497 e. The third kappa shape index (κ3) is 21.4. The van der Waals surface area contributed by atoms with Gasteiger partial charge in [-0.1, -0.05) is 55.4 Å². The van der Waals surface area contributed by atoms with Gasteiger partial charge in [-0.25, -0.2) is 5.84 Å². The third-order valence-corrected chi connectivity index (χ3v) is 10.3. The van der Waals surface area contributed by atoms with Crippen molar-refractivity contribution in [2.24, 2.45) is 46.1 Å². The van der Waals surface area contributed by atoms with Crippen LogP contribution in [0.4, 0.5) is 5.69 Å². The predicted octanol–water partition coefficient (Wildman–Crippen LogP) is -0.722. The first kappa shape index (κ1) is 59.5. The number of unbranched alkanes of at least 4 members (excludes halogenated alkanes) is 1. The molecule has 0 bridgehead atoms. The van der Waals surface area contributed by atoms with Gasteiger partial charge in [-0.05, 0) is 93.9 Å². The van der Waals surface area contributed by atoms with Crippen LogP contribution < -0.4 is 69.7 Å². The van der Waals surface area contributed by atoms with Gasteiger partial charge in [0.05, 0.1) is 19.3 Å². The van der Waals surface area contributed by atoms with E-state index >= 15 is 0 Å². The Balaban J connectivity index is 3.13. The maximum absolute atomic E-state index is 14.0. The SMILES string of the molecule is COc1ccc(N(N)/N=C(\N)C(=O)NCCCC[C@H](NC(=O)C(NC(=O)C(C)(C)NC(=O)C(CC(C)C)NC(=O)CNC(=O)C(NC(C)=O)C(C)C)C(C)C)C(=O)NC(CC(C)C)C(N)=O)cc1. The van der Waals surface area contributed by atoms with Gasteiger partial charge in [0.15, 0.2) is 0 Å². The monoisotopic (exact) mass is 960 g/mol. The van der Waals surface area contributed by atoms with E-state index in [0.29, 0.717) is 17.9 Å². The van der Waals surface area contributed by atoms with Crippen LogP contribution in [0.3, 0.4) is 0 Å². The lowest BCUT2D eigenvalue weighted by Gasteiger charge is -2.32. The van der Waals surface area contributed by atoms with E-state index < -0.39 is 107 Å². The molecular weight excluding hydrogens is 883 g/mol. The number of amidine groups is 1. The van der Waals surface area contributed by atoms with Crippen molar-refractivity contribution in [3.8, 4) is 5.75 Å². The Morgan fingerprint density at radius 1 is 0.676 bits per heavy atom. The highest BCUT2D eigenvalue weighted by Gasteiger charge is 2.37. The minimum atomic E-state index is -1.64. The molecule has 0 aliphatic rings. The number of rotatable bonds is 28. The first-order chi connectivity index (χ1) is 31.6. The maximum atomic E-state index is 14.0. The molecule has 0 saturated heterocycles. The van der Waals surface area contributed by atoms with E-state index in [4.69, 9.17) is 22.0 Å². The molecule has 68 heavy (non-hydrogen) atoms. The van der Waals surface area contributed by atoms with Crippen LogP contribution in [-0.4, -0.2) is 115 Å². The Kier molecular flexibility index (Phi) is 25.0. The fraction of sp³-hybridized carbons (Fsp3) is 0.644. The van der Waals surface area contributed by atoms with E-state index in [2.05, 4.69) is 47.6 Å². The van der Waals surface area contributed by atoms with Gasteiger partial charge in [0.1, 0.15) is 41.5 Å². The van der Waals surface area contributed by atoms with E-state index in [1.807, 2.05) is 27.7 Å². The van der Waals surface area contributed by atoms with Gasteiger partial charge >= 0.3 is 0 Å². The number of nitrogens with zero attached hydrogens (tertiary/aromatic N) is 2. The van der Waals surface area contributed by atoms with Crippen LogP contribution in [0.2, 0.25) is 0 Å². The molecule has 0 heterocycles. The molecule has 1 aromatic rings. The topological polar surface area (TPSA) is 353 Å². The molecule has 23 nitrogen and oxygen atoms in total. The Bertz CT molecular complexity index is 1920. The standard InChI is InChI=1S/C45H77N13O10/c1-24(2)21-32(38(47)61)54-39(62)31(15-13-14-20-49-43(66)37(46)57-58(48)29-16-18-30(68-12)19-17-29)53-42(65)36(27(7)8)55-44(67)45(10,11)56-40(63)33(22-25(3)4)52-34(60)23-50-41(64)35(26(5)6)51-28(9)59/h16-19,24-27,31-33,35-36H,13-15,20-23,48H2,1-12H3,(H2,46,57)(H2,47,61)(H,49,66)(H,50,64)(H,51,59)(H,52,60)(H,53,65)(H,54,62)(H,55,67)(H,56,63)/t31-,32?,33?,35?,36?/m0/s1. The number of benzene rings is 1. The van der Waals surface area contributed by atoms with Gasteiger partial charge in [-0.2, -0.15) is 5.12 Å². The Morgan fingerprint density at radius 2 is 1.22 bits per heavy atom. The molecule has 382 valence electrons. The summed E-state index contributed by atoms with van der Waals surface area (Å²) in [5, 5.41) is 25.8. The summed E-state index contributed by atoms with van der Waals surface area (Å²) in [6.07, 6.45) is 1.04. The predicted molar refractivity (Wildman–Crippen MR) is 256 cm³/mol. The number of carbonyl (C=O) groups is 9. The molecule has 0 spiro atoms. The first-order valence-electron chi connectivity index (χ1n) is 22.8. The normalized spacial score (nSPS) is 13.9. The Morgan fingerprint density at radius 3 is 1.74 bits per heavy atom. The van der Waals surface area contributed by atoms with E-state index in [1.54, 1.807) is 52.0 Å². The molecule has 0 radical (unpaired) electrons. The van der Waals surface area contributed by atoms with Gasteiger partial charge in [-0.3, -0.25) is 43.2 Å². The second kappa shape index (κ2) is 28.6. The number of nitrogens with one attached hydrogen (secondary N) is 8. The van der Waals surface area contributed by atoms with Crippen molar-refractivity contribution in [3.05, 3.63) is 24.3 Å². The van der Waals surface area contributed by atoms with Crippen molar-refractivity contribution in [3.63, 3.8) is 0 Å². The molecule has 4 unspecified atom stereocenters. The second-order valence-electron chi connectivity index (χ2n) is 18.6. The van der Waals surface area contributed by atoms with Crippen molar-refractivity contribution < 1.29 is 47.9 Å². The van der Waals surface area contributed by atoms with E-state index in [1.165, 1.54) is 27.9 Å². The summed E-state index contributed by atoms with van der Waals surface area (Å²) in [6.45, 7) is 17.9. The zero-order chi connectivity index (χ0) is 52.1. The highest BCUT2D eigenvalue weighted by molar-refractivity contribution is 6.37. The molecule has 23 heteroatoms. The molecule has 0 aliphatic carbocycles. The van der Waals surface area contributed by atoms with Gasteiger partial charge in [-0.15, -0.1) is 5.10 Å². The lowest BCUT2D eigenvalue weighted by atomic mass is 9.97. The number of primary amides is 1. The van der Waals surface area contributed by atoms with Crippen molar-refractivity contribution in [2.45, 2.75) is 144 Å². The van der Waals surface area contributed by atoms with Crippen LogP contribution in [-0.2, 0) is 43.2 Å². The number of hydrazine groups is 1. The number of hydrazone groups is 1. The van der Waals surface area contributed by atoms with Gasteiger partial charge < -0.3 is 58.7 Å². The molecule has 0 saturated carbocycles. The summed E-state index contributed by atoms with van der Waals surface area (Å²) < 4.78 is 5.12. The summed E-state index contributed by atoms with van der Waals surface area (Å²) in [4.78, 5) is 117. The third-order valence-electron chi connectivity index (χ3n) is 10.3. The maximum Gasteiger partial charge on any atom is 0.288 e. The minimum absolute atomic E-state index is 0.0169. The lowest BCUT2D eigenvalue weighted by molar-refractivity contribution is -0.138. The van der Waals surface area contributed by atoms with E-state index in [0.717, 1.165) is 5.12 Å². The number of ether oxygens (including phenoxy) is 1. The molecule has 0 aliphatic heterocycles. The fourth-order valence-electron chi connectivity index (χ4n) is 6.53. The van der Waals surface area contributed by atoms with Crippen molar-refractivity contribution >= 4 is 64.7 Å². The second-order valence-corrected chi connectivity index (χ2v) is 18.6. The lowest BCUT2D eigenvalue weighted by Crippen LogP contribution is -2.63. The summed E-state index contributed by atoms with van der Waals surface area (Å²) in [5.41, 5.74) is 10.3. The zero-order valence-corrected chi connectivity index (χ0v) is 41.7. The van der Waals surface area contributed by atoms with Gasteiger partial charge in [0.25, 0.3) is 5.91 Å². The molecule has 5 atom stereocenters. The highest BCUT2D eigenvalue weighted by atomic mass is 16.5. The quantitative estimate of drug-likeness (QED) is 0.0163. The summed E-state index contributed by atoms with van der Waals surface area (Å²) in [7, 11) is 1.51. The van der Waals surface area contributed by atoms with Crippen molar-refractivity contribution in [2.75, 3.05) is 25.3 Å². The number of hydrogen-bond acceptors (Lipinski definition) is 13. The van der Waals surface area contributed by atoms with Gasteiger partial charge in [0, 0.05) is 13.5 Å². The van der Waals surface area contributed by atoms with E-state index in [-0.39, 0.29) is 50.0 Å². The summed E-state index contributed by atoms with van der Waals surface area (Å²) in [5.74, 6) is -0.827. The Hall–Kier alpha value is -6.52. The molecule has 1 rings (SSSR count).